The van der Waals surface area contributed by atoms with Crippen LogP contribution in [0.15, 0.2) is 89.8 Å². The zero-order valence-corrected chi connectivity index (χ0v) is 23.2. The molecule has 10 heteroatoms. The first kappa shape index (κ1) is 26.3. The summed E-state index contributed by atoms with van der Waals surface area (Å²) >= 11 is 14.4. The highest BCUT2D eigenvalue weighted by molar-refractivity contribution is 14.1. The summed E-state index contributed by atoms with van der Waals surface area (Å²) in [5, 5.41) is 3.55. The molecule has 0 saturated heterocycles. The Bertz CT molecular complexity index is 1540. The Morgan fingerprint density at radius 1 is 0.889 bits per heavy atom. The Labute approximate surface area is 232 Å². The van der Waals surface area contributed by atoms with Gasteiger partial charge >= 0.3 is 0 Å². The molecule has 0 atom stereocenters. The van der Waals surface area contributed by atoms with Crippen molar-refractivity contribution in [3.63, 3.8) is 0 Å². The van der Waals surface area contributed by atoms with Gasteiger partial charge in [0.2, 0.25) is 0 Å². The summed E-state index contributed by atoms with van der Waals surface area (Å²) in [7, 11) is -4.02. The molecule has 0 saturated carbocycles. The topological polar surface area (TPSA) is 84.5 Å². The van der Waals surface area contributed by atoms with Crippen LogP contribution in [0, 0.1) is 10.5 Å². The zero-order valence-electron chi connectivity index (χ0n) is 18.8. The number of para-hydroxylation sites is 1. The second-order valence-electron chi connectivity index (χ2n) is 7.71. The molecule has 0 aromatic heterocycles. The maximum atomic E-state index is 13.1. The Balaban J connectivity index is 1.56. The summed E-state index contributed by atoms with van der Waals surface area (Å²) in [6.07, 6.45) is 0. The molecule has 0 bridgehead atoms. The summed E-state index contributed by atoms with van der Waals surface area (Å²) in [4.78, 5) is 13.0. The van der Waals surface area contributed by atoms with Crippen LogP contribution in [0.1, 0.15) is 15.9 Å². The molecule has 36 heavy (non-hydrogen) atoms. The third kappa shape index (κ3) is 6.31. The lowest BCUT2D eigenvalue weighted by Crippen LogP contribution is -2.19. The van der Waals surface area contributed by atoms with E-state index in [2.05, 4.69) is 32.6 Å². The number of rotatable bonds is 7. The molecule has 2 N–H and O–H groups in total. The molecule has 0 fully saturated rings. The largest absolute Gasteiger partial charge is 0.456 e. The molecule has 0 radical (unpaired) electrons. The van der Waals surface area contributed by atoms with Crippen LogP contribution < -0.4 is 14.8 Å². The first-order chi connectivity index (χ1) is 17.1. The van der Waals surface area contributed by atoms with Gasteiger partial charge in [-0.05, 0) is 108 Å². The summed E-state index contributed by atoms with van der Waals surface area (Å²) in [6, 6.07) is 22.8. The van der Waals surface area contributed by atoms with Crippen LogP contribution in [0.4, 0.5) is 11.4 Å². The van der Waals surface area contributed by atoms with Crippen LogP contribution in [0.3, 0.4) is 0 Å². The minimum absolute atomic E-state index is 0.0104. The van der Waals surface area contributed by atoms with Crippen molar-refractivity contribution in [3.05, 3.63) is 110 Å². The van der Waals surface area contributed by atoms with Gasteiger partial charge in [0.25, 0.3) is 15.9 Å². The molecule has 184 valence electrons. The number of hydrogen-bond acceptors (Lipinski definition) is 4. The van der Waals surface area contributed by atoms with Gasteiger partial charge in [-0.3, -0.25) is 9.52 Å². The van der Waals surface area contributed by atoms with Crippen molar-refractivity contribution in [2.75, 3.05) is 10.0 Å². The summed E-state index contributed by atoms with van der Waals surface area (Å²) in [6.45, 7) is 1.87. The van der Waals surface area contributed by atoms with Crippen molar-refractivity contribution in [2.45, 2.75) is 11.8 Å². The fourth-order valence-corrected chi connectivity index (χ4v) is 5.37. The number of carbonyl (C=O) groups is 1. The number of ether oxygens (including phenoxy) is 1. The smallest absolute Gasteiger partial charge is 0.261 e. The molecule has 0 aliphatic rings. The van der Waals surface area contributed by atoms with Gasteiger partial charge in [0.1, 0.15) is 11.5 Å². The molecule has 1 amide bonds. The van der Waals surface area contributed by atoms with E-state index in [1.54, 1.807) is 30.3 Å². The van der Waals surface area contributed by atoms with Gasteiger partial charge in [-0.15, -0.1) is 0 Å². The standard InChI is InChI=1S/C26H19Cl2IN2O4S/c1-16-14-18(29)7-13-23(16)30-26(32)21-15-17(27)6-12-24(21)31-36(33,34)20-10-8-19(9-11-20)35-25-5-3-2-4-22(25)28/h2-15,31H,1H3,(H,30,32). The first-order valence-corrected chi connectivity index (χ1v) is 13.9. The lowest BCUT2D eigenvalue weighted by molar-refractivity contribution is 0.102. The Kier molecular flexibility index (Phi) is 8.09. The third-order valence-corrected chi connectivity index (χ3v) is 7.71. The minimum atomic E-state index is -4.02. The van der Waals surface area contributed by atoms with E-state index in [0.717, 1.165) is 9.13 Å². The van der Waals surface area contributed by atoms with E-state index >= 15 is 0 Å². The van der Waals surface area contributed by atoms with Crippen molar-refractivity contribution in [2.24, 2.45) is 0 Å². The maximum Gasteiger partial charge on any atom is 0.261 e. The minimum Gasteiger partial charge on any atom is -0.456 e. The number of halogens is 3. The van der Waals surface area contributed by atoms with Gasteiger partial charge in [0, 0.05) is 14.3 Å². The SMILES string of the molecule is Cc1cc(I)ccc1NC(=O)c1cc(Cl)ccc1NS(=O)(=O)c1ccc(Oc2ccccc2Cl)cc1. The molecule has 0 unspecified atom stereocenters. The van der Waals surface area contributed by atoms with Gasteiger partial charge < -0.3 is 10.1 Å². The molecule has 0 aliphatic heterocycles. The van der Waals surface area contributed by atoms with E-state index in [1.165, 1.54) is 42.5 Å². The fraction of sp³-hybridized carbons (Fsp3) is 0.0385. The van der Waals surface area contributed by atoms with Crippen molar-refractivity contribution < 1.29 is 17.9 Å². The van der Waals surface area contributed by atoms with E-state index in [0.29, 0.717) is 27.2 Å². The molecule has 0 heterocycles. The summed E-state index contributed by atoms with van der Waals surface area (Å²) in [5.74, 6) is 0.373. The summed E-state index contributed by atoms with van der Waals surface area (Å²) in [5.41, 5.74) is 1.67. The van der Waals surface area contributed by atoms with E-state index in [9.17, 15) is 13.2 Å². The number of nitrogens with one attached hydrogen (secondary N) is 2. The van der Waals surface area contributed by atoms with Gasteiger partial charge in [-0.2, -0.15) is 0 Å². The predicted octanol–water partition coefficient (Wildman–Crippen LogP) is 7.75. The van der Waals surface area contributed by atoms with Gasteiger partial charge in [-0.25, -0.2) is 8.42 Å². The average Bonchev–Trinajstić information content (AvgIpc) is 2.83. The van der Waals surface area contributed by atoms with E-state index < -0.39 is 15.9 Å². The molecule has 4 rings (SSSR count). The lowest BCUT2D eigenvalue weighted by atomic mass is 10.1. The Hall–Kier alpha value is -2.79. The molecule has 4 aromatic rings. The fourth-order valence-electron chi connectivity index (χ4n) is 3.30. The van der Waals surface area contributed by atoms with Crippen LogP contribution in [-0.2, 0) is 10.0 Å². The molecule has 4 aromatic carbocycles. The van der Waals surface area contributed by atoms with E-state index in [1.807, 2.05) is 19.1 Å². The highest BCUT2D eigenvalue weighted by atomic mass is 127. The van der Waals surface area contributed by atoms with Crippen LogP contribution in [0.2, 0.25) is 10.0 Å². The van der Waals surface area contributed by atoms with Gasteiger partial charge in [0.15, 0.2) is 0 Å². The molecule has 6 nitrogen and oxygen atoms in total. The number of hydrogen-bond donors (Lipinski definition) is 2. The van der Waals surface area contributed by atoms with Crippen molar-refractivity contribution >= 4 is 73.1 Å². The molecular weight excluding hydrogens is 634 g/mol. The molecule has 0 aliphatic carbocycles. The highest BCUT2D eigenvalue weighted by Gasteiger charge is 2.20. The predicted molar refractivity (Wildman–Crippen MR) is 152 cm³/mol. The quantitative estimate of drug-likeness (QED) is 0.200. The normalized spacial score (nSPS) is 11.1. The molecule has 0 spiro atoms. The number of carbonyl (C=O) groups excluding carboxylic acids is 1. The summed E-state index contributed by atoms with van der Waals surface area (Å²) < 4.78 is 35.4. The monoisotopic (exact) mass is 652 g/mol. The maximum absolute atomic E-state index is 13.1. The van der Waals surface area contributed by atoms with E-state index in [4.69, 9.17) is 27.9 Å². The average molecular weight is 653 g/mol. The van der Waals surface area contributed by atoms with Crippen molar-refractivity contribution in [1.82, 2.24) is 0 Å². The first-order valence-electron chi connectivity index (χ1n) is 10.5. The zero-order chi connectivity index (χ0) is 25.9. The third-order valence-electron chi connectivity index (χ3n) is 5.11. The number of anilines is 2. The second-order valence-corrected chi connectivity index (χ2v) is 11.5. The number of benzene rings is 4. The van der Waals surface area contributed by atoms with E-state index in [-0.39, 0.29) is 16.1 Å². The number of sulfonamides is 1. The Morgan fingerprint density at radius 2 is 1.58 bits per heavy atom. The van der Waals surface area contributed by atoms with Crippen LogP contribution in [0.25, 0.3) is 0 Å². The number of aryl methyl sites for hydroxylation is 1. The van der Waals surface area contributed by atoms with Gasteiger partial charge in [0.05, 0.1) is 21.2 Å². The highest BCUT2D eigenvalue weighted by Crippen LogP contribution is 2.30. The molecular formula is C26H19Cl2IN2O4S. The lowest BCUT2D eigenvalue weighted by Gasteiger charge is -2.15. The number of amides is 1. The van der Waals surface area contributed by atoms with Crippen molar-refractivity contribution in [3.8, 4) is 11.5 Å². The van der Waals surface area contributed by atoms with Crippen molar-refractivity contribution in [1.29, 1.82) is 0 Å². The Morgan fingerprint density at radius 3 is 2.28 bits per heavy atom. The second kappa shape index (κ2) is 11.1. The van der Waals surface area contributed by atoms with Crippen LogP contribution >= 0.6 is 45.8 Å². The van der Waals surface area contributed by atoms with Gasteiger partial charge in [-0.1, -0.05) is 35.3 Å². The van der Waals surface area contributed by atoms with Crippen LogP contribution in [-0.4, -0.2) is 14.3 Å². The van der Waals surface area contributed by atoms with Crippen LogP contribution in [0.5, 0.6) is 11.5 Å².